The molecule has 0 bridgehead atoms. The van der Waals surface area contributed by atoms with Crippen LogP contribution in [-0.2, 0) is 6.42 Å². The lowest BCUT2D eigenvalue weighted by Gasteiger charge is -2.06. The maximum atomic E-state index is 9.24. The average molecular weight is 166 g/mol. The Morgan fingerprint density at radius 2 is 2.42 bits per heavy atom. The van der Waals surface area contributed by atoms with Gasteiger partial charge in [-0.15, -0.1) is 0 Å². The minimum atomic E-state index is -0.473. The Hall–Kier alpha value is -0.930. The Bertz CT molecular complexity index is 250. The summed E-state index contributed by atoms with van der Waals surface area (Å²) < 4.78 is 0. The summed E-state index contributed by atoms with van der Waals surface area (Å²) in [7, 11) is 0. The van der Waals surface area contributed by atoms with Crippen molar-refractivity contribution in [3.05, 3.63) is 29.6 Å². The van der Waals surface area contributed by atoms with E-state index in [1.165, 1.54) is 0 Å². The maximum absolute atomic E-state index is 9.24. The quantitative estimate of drug-likeness (QED) is 0.676. The minimum absolute atomic E-state index is 0.287. The number of hydrogen-bond donors (Lipinski definition) is 2. The van der Waals surface area contributed by atoms with E-state index in [2.05, 4.69) is 4.98 Å². The number of pyridine rings is 1. The summed E-state index contributed by atoms with van der Waals surface area (Å²) >= 11 is 0. The van der Waals surface area contributed by atoms with Crippen LogP contribution in [0.15, 0.2) is 18.3 Å². The highest BCUT2D eigenvalue weighted by atomic mass is 16.3. The van der Waals surface area contributed by atoms with E-state index in [9.17, 15) is 5.11 Å². The van der Waals surface area contributed by atoms with Crippen LogP contribution in [0.1, 0.15) is 11.3 Å². The first kappa shape index (κ1) is 9.16. The van der Waals surface area contributed by atoms with Crippen LogP contribution in [0.2, 0.25) is 0 Å². The number of hydrogen-bond acceptors (Lipinski definition) is 3. The molecule has 66 valence electrons. The Morgan fingerprint density at radius 3 is 3.00 bits per heavy atom. The van der Waals surface area contributed by atoms with Crippen molar-refractivity contribution in [3.8, 4) is 0 Å². The van der Waals surface area contributed by atoms with E-state index >= 15 is 0 Å². The molecule has 0 saturated carbocycles. The van der Waals surface area contributed by atoms with Crippen LogP contribution in [0.5, 0.6) is 0 Å². The third-order valence-corrected chi connectivity index (χ3v) is 1.69. The van der Waals surface area contributed by atoms with Gasteiger partial charge in [-0.3, -0.25) is 4.98 Å². The fourth-order valence-electron chi connectivity index (χ4n) is 1.04. The molecule has 0 spiro atoms. The summed E-state index contributed by atoms with van der Waals surface area (Å²) in [5, 5.41) is 9.24. The number of rotatable bonds is 3. The standard InChI is InChI=1S/C9H14N2O/c1-7-2-3-11-8(4-7)5-9(12)6-10/h2-4,9,12H,5-6,10H2,1H3. The molecule has 12 heavy (non-hydrogen) atoms. The summed E-state index contributed by atoms with van der Waals surface area (Å²) in [4.78, 5) is 4.11. The fourth-order valence-corrected chi connectivity index (χ4v) is 1.04. The Labute approximate surface area is 72.2 Å². The SMILES string of the molecule is Cc1ccnc(CC(O)CN)c1. The largest absolute Gasteiger partial charge is 0.391 e. The molecule has 1 atom stereocenters. The van der Waals surface area contributed by atoms with Crippen molar-refractivity contribution >= 4 is 0 Å². The van der Waals surface area contributed by atoms with Gasteiger partial charge < -0.3 is 10.8 Å². The van der Waals surface area contributed by atoms with Gasteiger partial charge in [-0.2, -0.15) is 0 Å². The van der Waals surface area contributed by atoms with Gasteiger partial charge in [0.25, 0.3) is 0 Å². The molecule has 1 heterocycles. The molecule has 0 aliphatic carbocycles. The molecule has 0 aromatic carbocycles. The molecule has 0 saturated heterocycles. The summed E-state index contributed by atoms with van der Waals surface area (Å²) in [6.45, 7) is 2.29. The highest BCUT2D eigenvalue weighted by Gasteiger charge is 2.03. The molecule has 0 amide bonds. The van der Waals surface area contributed by atoms with E-state index in [0.717, 1.165) is 11.3 Å². The zero-order valence-corrected chi connectivity index (χ0v) is 7.20. The van der Waals surface area contributed by atoms with Gasteiger partial charge in [-0.1, -0.05) is 0 Å². The number of aryl methyl sites for hydroxylation is 1. The van der Waals surface area contributed by atoms with Crippen LogP contribution in [-0.4, -0.2) is 22.7 Å². The van der Waals surface area contributed by atoms with Gasteiger partial charge in [-0.25, -0.2) is 0 Å². The molecule has 0 fully saturated rings. The number of nitrogens with zero attached hydrogens (tertiary/aromatic N) is 1. The second-order valence-electron chi connectivity index (χ2n) is 2.92. The van der Waals surface area contributed by atoms with Crippen LogP contribution in [0.4, 0.5) is 0 Å². The molecule has 0 aliphatic rings. The molecule has 0 radical (unpaired) electrons. The minimum Gasteiger partial charge on any atom is -0.391 e. The van der Waals surface area contributed by atoms with Crippen LogP contribution in [0.3, 0.4) is 0 Å². The fraction of sp³-hybridized carbons (Fsp3) is 0.444. The molecule has 1 aromatic heterocycles. The van der Waals surface area contributed by atoms with E-state index in [-0.39, 0.29) is 6.54 Å². The first-order valence-corrected chi connectivity index (χ1v) is 4.02. The summed E-state index contributed by atoms with van der Waals surface area (Å²) in [5.41, 5.74) is 7.33. The molecule has 3 heteroatoms. The monoisotopic (exact) mass is 166 g/mol. The molecule has 1 unspecified atom stereocenters. The van der Waals surface area contributed by atoms with Crippen LogP contribution in [0.25, 0.3) is 0 Å². The first-order valence-electron chi connectivity index (χ1n) is 4.02. The Kier molecular flexibility index (Phi) is 3.19. The Balaban J connectivity index is 2.63. The van der Waals surface area contributed by atoms with Gasteiger partial charge >= 0.3 is 0 Å². The van der Waals surface area contributed by atoms with Crippen molar-refractivity contribution < 1.29 is 5.11 Å². The van der Waals surface area contributed by atoms with Gasteiger partial charge in [0.05, 0.1) is 6.10 Å². The molecular weight excluding hydrogens is 152 g/mol. The maximum Gasteiger partial charge on any atom is 0.0717 e. The van der Waals surface area contributed by atoms with Gasteiger partial charge in [-0.05, 0) is 24.6 Å². The Morgan fingerprint density at radius 1 is 1.67 bits per heavy atom. The van der Waals surface area contributed by atoms with E-state index in [1.54, 1.807) is 6.20 Å². The molecule has 1 rings (SSSR count). The normalized spacial score (nSPS) is 12.9. The number of aliphatic hydroxyl groups is 1. The highest BCUT2D eigenvalue weighted by molar-refractivity contribution is 5.14. The average Bonchev–Trinajstić information content (AvgIpc) is 2.04. The lowest BCUT2D eigenvalue weighted by molar-refractivity contribution is 0.182. The predicted molar refractivity (Wildman–Crippen MR) is 47.7 cm³/mol. The number of aliphatic hydroxyl groups excluding tert-OH is 1. The van der Waals surface area contributed by atoms with E-state index in [1.807, 2.05) is 19.1 Å². The van der Waals surface area contributed by atoms with Gasteiger partial charge in [0.2, 0.25) is 0 Å². The van der Waals surface area contributed by atoms with Crippen LogP contribution < -0.4 is 5.73 Å². The van der Waals surface area contributed by atoms with Crippen molar-refractivity contribution in [2.24, 2.45) is 5.73 Å². The molecule has 0 aliphatic heterocycles. The van der Waals surface area contributed by atoms with Gasteiger partial charge in [0.15, 0.2) is 0 Å². The van der Waals surface area contributed by atoms with Gasteiger partial charge in [0, 0.05) is 24.9 Å². The molecule has 1 aromatic rings. The lowest BCUT2D eigenvalue weighted by atomic mass is 10.1. The molecular formula is C9H14N2O. The zero-order chi connectivity index (χ0) is 8.97. The van der Waals surface area contributed by atoms with Crippen molar-refractivity contribution in [2.75, 3.05) is 6.54 Å². The second-order valence-corrected chi connectivity index (χ2v) is 2.92. The summed E-state index contributed by atoms with van der Waals surface area (Å²) in [5.74, 6) is 0. The van der Waals surface area contributed by atoms with E-state index in [4.69, 9.17) is 5.73 Å². The number of aromatic nitrogens is 1. The molecule has 3 nitrogen and oxygen atoms in total. The zero-order valence-electron chi connectivity index (χ0n) is 7.20. The highest BCUT2D eigenvalue weighted by Crippen LogP contribution is 2.02. The molecule has 3 N–H and O–H groups in total. The number of nitrogens with two attached hydrogens (primary N) is 1. The summed E-state index contributed by atoms with van der Waals surface area (Å²) in [6, 6.07) is 3.89. The first-order chi connectivity index (χ1) is 5.72. The third kappa shape index (κ3) is 2.60. The van der Waals surface area contributed by atoms with Crippen molar-refractivity contribution in [1.29, 1.82) is 0 Å². The predicted octanol–water partition coefficient (Wildman–Crippen LogP) is 0.252. The second kappa shape index (κ2) is 4.18. The van der Waals surface area contributed by atoms with Crippen molar-refractivity contribution in [1.82, 2.24) is 4.98 Å². The smallest absolute Gasteiger partial charge is 0.0717 e. The van der Waals surface area contributed by atoms with Crippen molar-refractivity contribution in [2.45, 2.75) is 19.4 Å². The van der Waals surface area contributed by atoms with E-state index < -0.39 is 6.10 Å². The summed E-state index contributed by atoms with van der Waals surface area (Å²) in [6.07, 6.45) is 1.81. The topological polar surface area (TPSA) is 59.1 Å². The van der Waals surface area contributed by atoms with Crippen LogP contribution in [0, 0.1) is 6.92 Å². The van der Waals surface area contributed by atoms with Crippen LogP contribution >= 0.6 is 0 Å². The van der Waals surface area contributed by atoms with Gasteiger partial charge in [0.1, 0.15) is 0 Å². The third-order valence-electron chi connectivity index (χ3n) is 1.69. The lowest BCUT2D eigenvalue weighted by Crippen LogP contribution is -2.22. The van der Waals surface area contributed by atoms with E-state index in [0.29, 0.717) is 6.42 Å². The van der Waals surface area contributed by atoms with Crippen molar-refractivity contribution in [3.63, 3.8) is 0 Å².